The van der Waals surface area contributed by atoms with Gasteiger partial charge in [0.05, 0.1) is 0 Å². The van der Waals surface area contributed by atoms with Gasteiger partial charge in [0, 0.05) is 24.0 Å². The number of carbonyl (C=O) groups is 1. The molecule has 0 heterocycles. The monoisotopic (exact) mass is 318 g/mol. The van der Waals surface area contributed by atoms with Crippen LogP contribution in [0.2, 0.25) is 0 Å². The summed E-state index contributed by atoms with van der Waals surface area (Å²) < 4.78 is 0. The van der Waals surface area contributed by atoms with Gasteiger partial charge in [0.15, 0.2) is 0 Å². The number of hydrogen-bond acceptors (Lipinski definition) is 2. The van der Waals surface area contributed by atoms with E-state index in [0.717, 1.165) is 11.3 Å². The average molecular weight is 319 g/mol. The van der Waals surface area contributed by atoms with Gasteiger partial charge >= 0.3 is 0 Å². The molecule has 2 aromatic rings. The van der Waals surface area contributed by atoms with Crippen molar-refractivity contribution >= 4 is 29.7 Å². The number of aryl methyl sites for hydroxylation is 1. The van der Waals surface area contributed by atoms with E-state index < -0.39 is 0 Å². The lowest BCUT2D eigenvalue weighted by Gasteiger charge is -2.20. The maximum atomic E-state index is 12.7. The minimum absolute atomic E-state index is 0. The molecule has 1 amide bonds. The fourth-order valence-electron chi connectivity index (χ4n) is 2.26. The van der Waals surface area contributed by atoms with E-state index in [-0.39, 0.29) is 18.3 Å². The molecule has 0 radical (unpaired) electrons. The quantitative estimate of drug-likeness (QED) is 0.853. The molecule has 0 bridgehead atoms. The van der Waals surface area contributed by atoms with E-state index in [0.29, 0.717) is 17.2 Å². The Labute approximate surface area is 138 Å². The van der Waals surface area contributed by atoms with Crippen LogP contribution in [0, 0.1) is 6.92 Å². The Morgan fingerprint density at radius 2 is 1.82 bits per heavy atom. The summed E-state index contributed by atoms with van der Waals surface area (Å²) in [6.45, 7) is 6.21. The van der Waals surface area contributed by atoms with Gasteiger partial charge in [-0.05, 0) is 48.2 Å². The molecule has 0 fully saturated rings. The van der Waals surface area contributed by atoms with Crippen LogP contribution in [0.5, 0.6) is 0 Å². The summed E-state index contributed by atoms with van der Waals surface area (Å²) in [5.74, 6) is 0.392. The van der Waals surface area contributed by atoms with Crippen molar-refractivity contribution < 1.29 is 4.79 Å². The van der Waals surface area contributed by atoms with E-state index >= 15 is 0 Å². The highest BCUT2D eigenvalue weighted by atomic mass is 35.5. The average Bonchev–Trinajstić information content (AvgIpc) is 2.48. The number of nitrogen functional groups attached to an aromatic ring is 1. The normalized spacial score (nSPS) is 10.2. The van der Waals surface area contributed by atoms with E-state index in [1.54, 1.807) is 18.0 Å². The summed E-state index contributed by atoms with van der Waals surface area (Å²) in [6.07, 6.45) is 0. The molecule has 0 aliphatic rings. The van der Waals surface area contributed by atoms with Crippen LogP contribution in [-0.2, 0) is 0 Å². The summed E-state index contributed by atoms with van der Waals surface area (Å²) in [7, 11) is 1.80. The standard InChI is InChI=1S/C18H22N2O.ClH/c1-12(2)14-6-5-7-16(10-14)20(4)18(21)17-11-15(19)9-8-13(17)3;/h5-12H,19H2,1-4H3;1H. The summed E-state index contributed by atoms with van der Waals surface area (Å²) in [5.41, 5.74) is 10.1. The highest BCUT2D eigenvalue weighted by Gasteiger charge is 2.16. The molecule has 0 saturated heterocycles. The lowest BCUT2D eigenvalue weighted by Crippen LogP contribution is -2.27. The maximum Gasteiger partial charge on any atom is 0.258 e. The summed E-state index contributed by atoms with van der Waals surface area (Å²) in [4.78, 5) is 14.3. The Morgan fingerprint density at radius 1 is 1.14 bits per heavy atom. The van der Waals surface area contributed by atoms with Crippen LogP contribution in [0.3, 0.4) is 0 Å². The van der Waals surface area contributed by atoms with Crippen molar-refractivity contribution in [3.63, 3.8) is 0 Å². The molecule has 2 aromatic carbocycles. The number of carbonyl (C=O) groups excluding carboxylic acids is 1. The summed E-state index contributed by atoms with van der Waals surface area (Å²) in [6, 6.07) is 13.5. The molecule has 0 aliphatic heterocycles. The molecule has 22 heavy (non-hydrogen) atoms. The molecule has 0 unspecified atom stereocenters. The van der Waals surface area contributed by atoms with Crippen molar-refractivity contribution in [1.82, 2.24) is 0 Å². The smallest absolute Gasteiger partial charge is 0.258 e. The molecule has 4 heteroatoms. The number of hydrogen-bond donors (Lipinski definition) is 1. The van der Waals surface area contributed by atoms with Crippen molar-refractivity contribution in [2.75, 3.05) is 17.7 Å². The number of halogens is 1. The molecule has 0 atom stereocenters. The Hall–Kier alpha value is -2.00. The van der Waals surface area contributed by atoms with Crippen molar-refractivity contribution in [2.24, 2.45) is 0 Å². The fourth-order valence-corrected chi connectivity index (χ4v) is 2.26. The molecule has 118 valence electrons. The van der Waals surface area contributed by atoms with E-state index in [1.165, 1.54) is 5.56 Å². The van der Waals surface area contributed by atoms with Gasteiger partial charge in [-0.15, -0.1) is 12.4 Å². The van der Waals surface area contributed by atoms with E-state index in [4.69, 9.17) is 5.73 Å². The van der Waals surface area contributed by atoms with Gasteiger partial charge in [0.25, 0.3) is 5.91 Å². The van der Waals surface area contributed by atoms with Crippen LogP contribution in [0.1, 0.15) is 41.3 Å². The van der Waals surface area contributed by atoms with Crippen molar-refractivity contribution in [2.45, 2.75) is 26.7 Å². The Morgan fingerprint density at radius 3 is 2.45 bits per heavy atom. The number of rotatable bonds is 3. The van der Waals surface area contributed by atoms with Crippen LogP contribution >= 0.6 is 12.4 Å². The largest absolute Gasteiger partial charge is 0.399 e. The lowest BCUT2D eigenvalue weighted by molar-refractivity contribution is 0.0992. The Balaban J connectivity index is 0.00000242. The first-order valence-corrected chi connectivity index (χ1v) is 7.14. The molecule has 3 nitrogen and oxygen atoms in total. The first-order valence-electron chi connectivity index (χ1n) is 7.14. The van der Waals surface area contributed by atoms with Crippen molar-refractivity contribution in [3.05, 3.63) is 59.2 Å². The highest BCUT2D eigenvalue weighted by Crippen LogP contribution is 2.23. The summed E-state index contributed by atoms with van der Waals surface area (Å²) in [5, 5.41) is 0. The van der Waals surface area contributed by atoms with Crippen molar-refractivity contribution in [1.29, 1.82) is 0 Å². The fraction of sp³-hybridized carbons (Fsp3) is 0.278. The third-order valence-corrected chi connectivity index (χ3v) is 3.72. The second-order valence-corrected chi connectivity index (χ2v) is 5.69. The second kappa shape index (κ2) is 7.32. The van der Waals surface area contributed by atoms with Gasteiger partial charge in [0.1, 0.15) is 0 Å². The van der Waals surface area contributed by atoms with Crippen LogP contribution in [0.15, 0.2) is 42.5 Å². The van der Waals surface area contributed by atoms with E-state index in [1.807, 2.05) is 31.2 Å². The minimum Gasteiger partial charge on any atom is -0.399 e. The van der Waals surface area contributed by atoms with Gasteiger partial charge < -0.3 is 10.6 Å². The number of anilines is 2. The number of amides is 1. The van der Waals surface area contributed by atoms with Gasteiger partial charge in [-0.25, -0.2) is 0 Å². The third kappa shape index (κ3) is 3.80. The zero-order valence-corrected chi connectivity index (χ0v) is 14.3. The van der Waals surface area contributed by atoms with Crippen LogP contribution in [0.4, 0.5) is 11.4 Å². The molecule has 0 aliphatic carbocycles. The number of benzene rings is 2. The maximum absolute atomic E-state index is 12.7. The van der Waals surface area contributed by atoms with Gasteiger partial charge in [0.2, 0.25) is 0 Å². The van der Waals surface area contributed by atoms with E-state index in [2.05, 4.69) is 26.0 Å². The molecule has 0 spiro atoms. The summed E-state index contributed by atoms with van der Waals surface area (Å²) >= 11 is 0. The van der Waals surface area contributed by atoms with Crippen LogP contribution in [-0.4, -0.2) is 13.0 Å². The highest BCUT2D eigenvalue weighted by molar-refractivity contribution is 6.07. The van der Waals surface area contributed by atoms with Crippen molar-refractivity contribution in [3.8, 4) is 0 Å². The second-order valence-electron chi connectivity index (χ2n) is 5.69. The predicted molar refractivity (Wildman–Crippen MR) is 96.1 cm³/mol. The number of nitrogens with zero attached hydrogens (tertiary/aromatic N) is 1. The minimum atomic E-state index is -0.0410. The molecule has 2 rings (SSSR count). The molecular weight excluding hydrogens is 296 g/mol. The lowest BCUT2D eigenvalue weighted by atomic mass is 10.0. The molecular formula is C18H23ClN2O. The third-order valence-electron chi connectivity index (χ3n) is 3.72. The van der Waals surface area contributed by atoms with Gasteiger partial charge in [-0.2, -0.15) is 0 Å². The van der Waals surface area contributed by atoms with Crippen LogP contribution < -0.4 is 10.6 Å². The SMILES string of the molecule is Cc1ccc(N)cc1C(=O)N(C)c1cccc(C(C)C)c1.Cl. The van der Waals surface area contributed by atoms with Gasteiger partial charge in [-0.3, -0.25) is 4.79 Å². The Kier molecular flexibility index (Phi) is 6.01. The Bertz CT molecular complexity index is 668. The van der Waals surface area contributed by atoms with E-state index in [9.17, 15) is 4.79 Å². The molecule has 0 saturated carbocycles. The predicted octanol–water partition coefficient (Wildman–Crippen LogP) is 4.40. The van der Waals surface area contributed by atoms with Crippen LogP contribution in [0.25, 0.3) is 0 Å². The molecule has 2 N–H and O–H groups in total. The zero-order chi connectivity index (χ0) is 15.6. The first-order chi connectivity index (χ1) is 9.90. The topological polar surface area (TPSA) is 46.3 Å². The zero-order valence-electron chi connectivity index (χ0n) is 13.5. The molecule has 0 aromatic heterocycles. The van der Waals surface area contributed by atoms with Gasteiger partial charge in [-0.1, -0.05) is 32.0 Å². The first kappa shape index (κ1) is 18.1. The number of nitrogens with two attached hydrogens (primary N) is 1.